The molecule has 0 saturated carbocycles. The van der Waals surface area contributed by atoms with E-state index >= 15 is 0 Å². The Morgan fingerprint density at radius 1 is 0.955 bits per heavy atom. The van der Waals surface area contributed by atoms with Gasteiger partial charge in [0.05, 0.1) is 7.82 Å². The summed E-state index contributed by atoms with van der Waals surface area (Å²) < 4.78 is 20.6. The molecule has 22 heavy (non-hydrogen) atoms. The molecule has 0 spiro atoms. The van der Waals surface area contributed by atoms with Gasteiger partial charge < -0.3 is 23.6 Å². The van der Waals surface area contributed by atoms with Crippen LogP contribution in [-0.4, -0.2) is 6.29 Å². The molecule has 1 rings (SSSR count). The van der Waals surface area contributed by atoms with E-state index in [1.807, 2.05) is 45.9 Å². The number of phosphoric ester groups is 1. The van der Waals surface area contributed by atoms with E-state index in [9.17, 15) is 14.4 Å². The molecule has 1 atom stereocenters. The zero-order valence-corrected chi connectivity index (χ0v) is 19.3. The summed E-state index contributed by atoms with van der Waals surface area (Å²) in [6.07, 6.45) is -1.15. The van der Waals surface area contributed by atoms with E-state index in [-0.39, 0.29) is 71.0 Å². The first-order valence-corrected chi connectivity index (χ1v) is 8.07. The number of hydrogen-bond donors (Lipinski definition) is 0. The van der Waals surface area contributed by atoms with Crippen molar-refractivity contribution >= 4 is 7.82 Å². The van der Waals surface area contributed by atoms with Crippen LogP contribution in [-0.2, 0) is 9.09 Å². The van der Waals surface area contributed by atoms with Crippen LogP contribution in [0.5, 0.6) is 5.75 Å². The van der Waals surface area contributed by atoms with Gasteiger partial charge in [-0.25, -0.2) is 0 Å². The Morgan fingerprint density at radius 3 is 1.68 bits per heavy atom. The van der Waals surface area contributed by atoms with Crippen molar-refractivity contribution in [2.75, 3.05) is 0 Å². The summed E-state index contributed by atoms with van der Waals surface area (Å²) in [7, 11) is -5.06. The standard InChI is InChI=1S/C14H23O5P.2Na/c1-9(2)12-7-6-8-13(10(3)4)14(12)18-11(5)19-20(15,16)17;;/h6-11H,1-5H3,(H2,15,16,17);;/q;2*+1/p-2. The number of phosphoric acid groups is 1. The van der Waals surface area contributed by atoms with Gasteiger partial charge in [0.25, 0.3) is 0 Å². The summed E-state index contributed by atoms with van der Waals surface area (Å²) in [6.45, 7) is 9.46. The summed E-state index contributed by atoms with van der Waals surface area (Å²) in [5.74, 6) is 1.02. The van der Waals surface area contributed by atoms with E-state index in [4.69, 9.17) is 4.74 Å². The Balaban J connectivity index is 0. The van der Waals surface area contributed by atoms with Gasteiger partial charge in [-0.2, -0.15) is 0 Å². The fraction of sp³-hybridized carbons (Fsp3) is 0.571. The Kier molecular flexibility index (Phi) is 12.6. The maximum Gasteiger partial charge on any atom is 1.00 e. The van der Waals surface area contributed by atoms with Gasteiger partial charge in [-0.15, -0.1) is 0 Å². The number of rotatable bonds is 6. The first-order chi connectivity index (χ1) is 9.11. The molecule has 0 radical (unpaired) electrons. The molecular weight excluding hydrogens is 325 g/mol. The Bertz CT molecular complexity index is 476. The fourth-order valence-electron chi connectivity index (χ4n) is 1.99. The van der Waals surface area contributed by atoms with E-state index in [1.54, 1.807) is 0 Å². The van der Waals surface area contributed by atoms with Gasteiger partial charge in [0.2, 0.25) is 6.29 Å². The zero-order chi connectivity index (χ0) is 15.5. The Morgan fingerprint density at radius 2 is 1.36 bits per heavy atom. The van der Waals surface area contributed by atoms with Crippen molar-refractivity contribution in [1.82, 2.24) is 0 Å². The number of hydrogen-bond acceptors (Lipinski definition) is 5. The molecule has 1 aromatic rings. The predicted molar refractivity (Wildman–Crippen MR) is 73.4 cm³/mol. The molecule has 0 bridgehead atoms. The molecular formula is C14H21Na2O5P. The molecule has 1 unspecified atom stereocenters. The number of benzene rings is 1. The van der Waals surface area contributed by atoms with Gasteiger partial charge >= 0.3 is 59.1 Å². The van der Waals surface area contributed by atoms with Crippen molar-refractivity contribution in [1.29, 1.82) is 0 Å². The van der Waals surface area contributed by atoms with Crippen LogP contribution < -0.4 is 73.6 Å². The second-order valence-electron chi connectivity index (χ2n) is 5.31. The van der Waals surface area contributed by atoms with Gasteiger partial charge in [0.1, 0.15) is 5.75 Å². The molecule has 8 heteroatoms. The largest absolute Gasteiger partial charge is 1.00 e. The second-order valence-corrected chi connectivity index (χ2v) is 6.42. The van der Waals surface area contributed by atoms with E-state index < -0.39 is 14.1 Å². The molecule has 5 nitrogen and oxygen atoms in total. The van der Waals surface area contributed by atoms with Crippen LogP contribution in [0.25, 0.3) is 0 Å². The summed E-state index contributed by atoms with van der Waals surface area (Å²) >= 11 is 0. The summed E-state index contributed by atoms with van der Waals surface area (Å²) in [4.78, 5) is 21.3. The van der Waals surface area contributed by atoms with Crippen molar-refractivity contribution < 1.29 is 82.7 Å². The first kappa shape index (κ1) is 25.4. The van der Waals surface area contributed by atoms with Gasteiger partial charge in [0.15, 0.2) is 0 Å². The molecule has 0 N–H and O–H groups in total. The average Bonchev–Trinajstić information content (AvgIpc) is 2.25. The molecule has 0 fully saturated rings. The number of ether oxygens (including phenoxy) is 1. The minimum atomic E-state index is -5.06. The Hall–Kier alpha value is 1.13. The molecule has 0 saturated heterocycles. The van der Waals surface area contributed by atoms with Crippen molar-refractivity contribution in [3.8, 4) is 5.75 Å². The molecule has 114 valence electrons. The summed E-state index contributed by atoms with van der Waals surface area (Å²) in [5.41, 5.74) is 1.91. The third-order valence-corrected chi connectivity index (χ3v) is 3.44. The van der Waals surface area contributed by atoms with Crippen LogP contribution in [0.15, 0.2) is 18.2 Å². The van der Waals surface area contributed by atoms with Crippen LogP contribution in [0.3, 0.4) is 0 Å². The third kappa shape index (κ3) is 8.29. The van der Waals surface area contributed by atoms with Crippen molar-refractivity contribution in [2.24, 2.45) is 0 Å². The van der Waals surface area contributed by atoms with Crippen LogP contribution >= 0.6 is 7.82 Å². The number of para-hydroxylation sites is 1. The van der Waals surface area contributed by atoms with Crippen LogP contribution in [0, 0.1) is 0 Å². The zero-order valence-electron chi connectivity index (χ0n) is 14.5. The van der Waals surface area contributed by atoms with Crippen LogP contribution in [0.1, 0.15) is 57.6 Å². The SMILES string of the molecule is CC(Oc1c(C(C)C)cccc1C(C)C)OP(=O)([O-])[O-].[Na+].[Na+]. The van der Waals surface area contributed by atoms with Crippen LogP contribution in [0.2, 0.25) is 0 Å². The quantitative estimate of drug-likeness (QED) is 0.304. The van der Waals surface area contributed by atoms with Crippen molar-refractivity contribution in [2.45, 2.75) is 52.7 Å². The third-order valence-electron chi connectivity index (χ3n) is 2.88. The maximum atomic E-state index is 10.6. The van der Waals surface area contributed by atoms with E-state index in [2.05, 4.69) is 4.52 Å². The molecule has 0 heterocycles. The summed E-state index contributed by atoms with van der Waals surface area (Å²) in [5, 5.41) is 0. The summed E-state index contributed by atoms with van der Waals surface area (Å²) in [6, 6.07) is 5.79. The fourth-order valence-corrected chi connectivity index (χ4v) is 2.39. The molecule has 0 aliphatic rings. The minimum absolute atomic E-state index is 0. The molecule has 1 aromatic carbocycles. The van der Waals surface area contributed by atoms with Gasteiger partial charge in [0, 0.05) is 0 Å². The maximum absolute atomic E-state index is 10.6. The second kappa shape index (κ2) is 10.9. The Labute approximate surface area is 177 Å². The molecule has 0 aromatic heterocycles. The first-order valence-electron chi connectivity index (χ1n) is 6.61. The molecule has 0 aliphatic carbocycles. The average molecular weight is 346 g/mol. The molecule has 0 amide bonds. The van der Waals surface area contributed by atoms with Crippen molar-refractivity contribution in [3.05, 3.63) is 29.3 Å². The minimum Gasteiger partial charge on any atom is -0.790 e. The molecule has 0 aliphatic heterocycles. The van der Waals surface area contributed by atoms with Gasteiger partial charge in [-0.05, 0) is 29.9 Å². The normalized spacial score (nSPS) is 12.6. The van der Waals surface area contributed by atoms with Crippen LogP contribution in [0.4, 0.5) is 0 Å². The monoisotopic (exact) mass is 346 g/mol. The predicted octanol–water partition coefficient (Wildman–Crippen LogP) is -3.49. The topological polar surface area (TPSA) is 81.7 Å². The van der Waals surface area contributed by atoms with Crippen molar-refractivity contribution in [3.63, 3.8) is 0 Å². The van der Waals surface area contributed by atoms with Gasteiger partial charge in [-0.1, -0.05) is 45.9 Å². The van der Waals surface area contributed by atoms with E-state index in [1.165, 1.54) is 6.92 Å². The van der Waals surface area contributed by atoms with E-state index in [0.29, 0.717) is 5.75 Å². The smallest absolute Gasteiger partial charge is 0.790 e. The van der Waals surface area contributed by atoms with E-state index in [0.717, 1.165) is 11.1 Å². The van der Waals surface area contributed by atoms with Gasteiger partial charge in [-0.3, -0.25) is 0 Å².